The molecule has 0 unspecified atom stereocenters. The standard InChI is InChI=1S/C34H32BrN4.2C34H33N4.BHNS.2Ir/c1-33(2,3)26-15-10-22(11-16-26)30-37-31(23-12-17-27(18-13-23)34(4,5)6)39-32(38-30)25-14-19-29(36-21-25)24-8-7-9-28(35)20-24;2*1-33(2,3)27-17-12-24(13-18-27)30-36-31(25-14-19-28(20-15-25)34(4,5)6)38-32(37-30)26-16-21-29(35-22-26)23-10-8-7-9-11-23;1-2-3;;/h7,9-21H,1-6H3;2*7-10,12-22H,1-6H3;3H;;/q3*-1;;;. The van der Waals surface area contributed by atoms with Gasteiger partial charge in [0.25, 0.3) is 0 Å². The number of halogens is 1. The minimum Gasteiger partial charge on any atom is 0 e. The summed E-state index contributed by atoms with van der Waals surface area (Å²) in [6, 6.07) is 94.2. The van der Waals surface area contributed by atoms with E-state index in [2.05, 4.69) is 339 Å². The van der Waals surface area contributed by atoms with E-state index in [1.807, 2.05) is 122 Å². The molecule has 0 aliphatic rings. The molecule has 120 heavy (non-hydrogen) atoms. The van der Waals surface area contributed by atoms with Crippen LogP contribution in [0.15, 0.2) is 276 Å². The van der Waals surface area contributed by atoms with E-state index in [4.69, 9.17) is 49.8 Å². The molecule has 0 aliphatic carbocycles. The van der Waals surface area contributed by atoms with Gasteiger partial charge in [-0.1, -0.05) is 327 Å². The molecule has 0 saturated heterocycles. The molecule has 0 amide bonds. The van der Waals surface area contributed by atoms with Gasteiger partial charge in [-0.15, -0.1) is 102 Å². The number of nitrogens with zero attached hydrogens (tertiary/aromatic N) is 13. The Balaban J connectivity index is 0.000000184. The van der Waals surface area contributed by atoms with Crippen LogP contribution in [0.1, 0.15) is 158 Å². The molecule has 0 spiro atoms. The molecule has 0 aliphatic heterocycles. The maximum atomic E-state index is 4.91. The molecule has 9 aromatic carbocycles. The van der Waals surface area contributed by atoms with E-state index in [-0.39, 0.29) is 72.7 Å². The van der Waals surface area contributed by atoms with Gasteiger partial charge in [0.15, 0.2) is 52.4 Å². The molecular formula is C102H99BBrIr2N13S-3. The summed E-state index contributed by atoms with van der Waals surface area (Å²) in [7, 11) is 4.34. The van der Waals surface area contributed by atoms with Crippen LogP contribution in [-0.4, -0.2) is 67.4 Å². The first-order valence-electron chi connectivity index (χ1n) is 39.5. The molecular weight excluding hydrogens is 1910 g/mol. The fraction of sp³-hybridized carbons (Fsp3) is 0.235. The Morgan fingerprint density at radius 1 is 0.258 bits per heavy atom. The summed E-state index contributed by atoms with van der Waals surface area (Å²) < 4.78 is 3.68. The van der Waals surface area contributed by atoms with Crippen molar-refractivity contribution in [3.05, 3.63) is 323 Å². The van der Waals surface area contributed by atoms with Crippen LogP contribution < -0.4 is 0 Å². The van der Waals surface area contributed by atoms with Crippen molar-refractivity contribution in [1.29, 1.82) is 0 Å². The van der Waals surface area contributed by atoms with Crippen molar-refractivity contribution in [3.8, 4) is 136 Å². The van der Waals surface area contributed by atoms with E-state index in [0.717, 1.165) is 88.3 Å². The summed E-state index contributed by atoms with van der Waals surface area (Å²) in [5.74, 6) is 5.64. The molecule has 0 N–H and O–H groups in total. The van der Waals surface area contributed by atoms with Crippen LogP contribution in [0.2, 0.25) is 0 Å². The van der Waals surface area contributed by atoms with E-state index in [0.29, 0.717) is 52.4 Å². The van der Waals surface area contributed by atoms with Crippen molar-refractivity contribution in [2.24, 2.45) is 4.30 Å². The molecule has 15 aromatic rings. The Bertz CT molecular complexity index is 5420. The number of rotatable bonds is 12. The minimum absolute atomic E-state index is 0. The van der Waals surface area contributed by atoms with Crippen LogP contribution in [0.5, 0.6) is 0 Å². The normalized spacial score (nSPS) is 11.6. The largest absolute Gasteiger partial charge is 0 e. The zero-order chi connectivity index (χ0) is 84.3. The third-order valence-electron chi connectivity index (χ3n) is 20.0. The van der Waals surface area contributed by atoms with E-state index in [9.17, 15) is 0 Å². The van der Waals surface area contributed by atoms with Crippen molar-refractivity contribution in [1.82, 2.24) is 59.8 Å². The van der Waals surface area contributed by atoms with Crippen LogP contribution in [0.4, 0.5) is 0 Å². The quantitative estimate of drug-likeness (QED) is 0.0700. The van der Waals surface area contributed by atoms with Crippen molar-refractivity contribution in [3.63, 3.8) is 0 Å². The van der Waals surface area contributed by atoms with Crippen LogP contribution in [0.25, 0.3) is 136 Å². The Hall–Kier alpha value is -10.5. The summed E-state index contributed by atoms with van der Waals surface area (Å²) in [5.41, 5.74) is 21.7. The van der Waals surface area contributed by atoms with Gasteiger partial charge in [-0.25, -0.2) is 44.9 Å². The first-order chi connectivity index (χ1) is 56.0. The van der Waals surface area contributed by atoms with Gasteiger partial charge in [0.05, 0.1) is 0 Å². The van der Waals surface area contributed by atoms with Gasteiger partial charge in [-0.3, -0.25) is 0 Å². The Morgan fingerprint density at radius 2 is 0.450 bits per heavy atom. The number of pyridine rings is 3. The summed E-state index contributed by atoms with van der Waals surface area (Å²) >= 11 is 6.72. The second-order valence-electron chi connectivity index (χ2n) is 35.3. The monoisotopic (exact) mass is 2010 g/mol. The van der Waals surface area contributed by atoms with Crippen molar-refractivity contribution < 1.29 is 40.2 Å². The second-order valence-corrected chi connectivity index (χ2v) is 36.4. The van der Waals surface area contributed by atoms with E-state index >= 15 is 0 Å². The zero-order valence-electron chi connectivity index (χ0n) is 71.3. The molecule has 609 valence electrons. The van der Waals surface area contributed by atoms with Gasteiger partial charge in [0.2, 0.25) is 0 Å². The first-order valence-corrected chi connectivity index (χ1v) is 40.7. The maximum Gasteiger partial charge on any atom is 0 e. The Morgan fingerprint density at radius 3 is 0.625 bits per heavy atom. The second kappa shape index (κ2) is 39.3. The average Bonchev–Trinajstić information content (AvgIpc) is 0.797. The molecule has 3 radical (unpaired) electrons. The van der Waals surface area contributed by atoms with E-state index < -0.39 is 0 Å². The van der Waals surface area contributed by atoms with Gasteiger partial charge in [-0.2, -0.15) is 0 Å². The number of aromatic nitrogens is 12. The third kappa shape index (κ3) is 24.0. The number of benzene rings is 9. The van der Waals surface area contributed by atoms with Gasteiger partial charge >= 0.3 is 24.8 Å². The molecule has 0 fully saturated rings. The van der Waals surface area contributed by atoms with Crippen LogP contribution in [-0.2, 0) is 72.7 Å². The molecule has 0 bridgehead atoms. The SMILES string of the molecule is CC(C)(C)c1ccc(-c2nc(-c3ccc(C(C)(C)C)cc3)nc(-c3ccc(-c4[c-]ccc(Br)c4)nc3)n2)cc1.CC(C)(C)c1ccc(-c2nc(-c3ccc(C(C)(C)C)cc3)nc(-c3ccc(-c4[c-]cccc4)nc3)n2)cc1.CC(C)(C)c1ccc(-c2nc(-c3ccc(C(C)(C)C)cc3)nc(-c3ccc(-c4[c-]cccc4)nc3)n2)cc1.[B]=NS.[Ir].[Ir]. The molecule has 13 nitrogen and oxygen atoms in total. The first kappa shape index (κ1) is 91.8. The van der Waals surface area contributed by atoms with E-state index in [1.165, 1.54) is 33.4 Å². The van der Waals surface area contributed by atoms with Gasteiger partial charge in [-0.05, 0) is 83.0 Å². The molecule has 0 saturated carbocycles. The van der Waals surface area contributed by atoms with Crippen molar-refractivity contribution in [2.75, 3.05) is 0 Å². The van der Waals surface area contributed by atoms with Crippen LogP contribution in [0, 0.1) is 18.2 Å². The van der Waals surface area contributed by atoms with Gasteiger partial charge in [0.1, 0.15) is 0 Å². The van der Waals surface area contributed by atoms with Gasteiger partial charge < -0.3 is 15.0 Å². The smallest absolute Gasteiger partial charge is 0 e. The van der Waals surface area contributed by atoms with Crippen molar-refractivity contribution >= 4 is 36.4 Å². The summed E-state index contributed by atoms with van der Waals surface area (Å²) in [5, 5.41) is 0. The Kier molecular flexibility index (Phi) is 30.1. The fourth-order valence-corrected chi connectivity index (χ4v) is 13.1. The van der Waals surface area contributed by atoms with Crippen molar-refractivity contribution in [2.45, 2.75) is 157 Å². The topological polar surface area (TPSA) is 167 Å². The predicted molar refractivity (Wildman–Crippen MR) is 492 cm³/mol. The molecule has 15 rings (SSSR count). The molecule has 18 heteroatoms. The fourth-order valence-electron chi connectivity index (χ4n) is 12.8. The minimum atomic E-state index is 0. The number of hydrogen-bond donors (Lipinski definition) is 1. The third-order valence-corrected chi connectivity index (χ3v) is 20.5. The van der Waals surface area contributed by atoms with E-state index in [1.54, 1.807) is 0 Å². The molecule has 0 atom stereocenters. The number of thiol groups is 1. The summed E-state index contributed by atoms with van der Waals surface area (Å²) in [6.07, 6.45) is 5.47. The zero-order valence-corrected chi connectivity index (χ0v) is 78.6. The van der Waals surface area contributed by atoms with Crippen LogP contribution in [0.3, 0.4) is 0 Å². The molecule has 6 heterocycles. The average molecular weight is 2010 g/mol. The van der Waals surface area contributed by atoms with Gasteiger partial charge in [0, 0.05) is 109 Å². The summed E-state index contributed by atoms with van der Waals surface area (Å²) in [6.45, 7) is 39.9. The summed E-state index contributed by atoms with van der Waals surface area (Å²) in [4.78, 5) is 58.0. The number of hydrogen-bond acceptors (Lipinski definition) is 14. The Labute approximate surface area is 751 Å². The predicted octanol–water partition coefficient (Wildman–Crippen LogP) is 25.9. The molecule has 6 aromatic heterocycles. The maximum absolute atomic E-state index is 4.91. The van der Waals surface area contributed by atoms with Crippen LogP contribution >= 0.6 is 28.7 Å².